The number of ether oxygens (including phenoxy) is 2. The second-order valence-corrected chi connectivity index (χ2v) is 5.78. The van der Waals surface area contributed by atoms with E-state index in [1.807, 2.05) is 0 Å². The molecular weight excluding hydrogens is 320 g/mol. The molecule has 24 heavy (non-hydrogen) atoms. The molecule has 2 aliphatic carbocycles. The third-order valence-corrected chi connectivity index (χ3v) is 4.33. The quantitative estimate of drug-likeness (QED) is 0.540. The monoisotopic (exact) mass is 338 g/mol. The van der Waals surface area contributed by atoms with Crippen molar-refractivity contribution in [3.63, 3.8) is 0 Å². The highest BCUT2D eigenvalue weighted by Crippen LogP contribution is 2.46. The summed E-state index contributed by atoms with van der Waals surface area (Å²) in [7, 11) is 0. The Kier molecular flexibility index (Phi) is 5.73. The Morgan fingerprint density at radius 1 is 0.667 bits per heavy atom. The Bertz CT molecular complexity index is 539. The van der Waals surface area contributed by atoms with Gasteiger partial charge in [0.2, 0.25) is 0 Å². The Morgan fingerprint density at radius 3 is 1.38 bits per heavy atom. The molecule has 0 saturated heterocycles. The van der Waals surface area contributed by atoms with Gasteiger partial charge in [0.1, 0.15) is 12.2 Å². The van der Waals surface area contributed by atoms with Crippen LogP contribution in [0.1, 0.15) is 25.7 Å². The molecule has 0 heterocycles. The van der Waals surface area contributed by atoms with E-state index in [9.17, 15) is 19.2 Å². The SMILES string of the molecule is O=C(O)/C=C/C(=O)O[C@@H]1CC[C@H]2[C@@H]1CC[C@H]2OC(=O)/C=C/C(=O)O. The minimum absolute atomic E-state index is 0.0634. The van der Waals surface area contributed by atoms with Gasteiger partial charge in [-0.2, -0.15) is 0 Å². The maximum atomic E-state index is 11.6. The van der Waals surface area contributed by atoms with Crippen molar-refractivity contribution in [2.75, 3.05) is 0 Å². The maximum Gasteiger partial charge on any atom is 0.331 e. The van der Waals surface area contributed by atoms with Crippen LogP contribution in [0.15, 0.2) is 24.3 Å². The first-order valence-electron chi connectivity index (χ1n) is 7.60. The predicted molar refractivity (Wildman–Crippen MR) is 78.8 cm³/mol. The molecule has 2 fully saturated rings. The van der Waals surface area contributed by atoms with E-state index < -0.39 is 23.9 Å². The summed E-state index contributed by atoms with van der Waals surface area (Å²) in [5, 5.41) is 17.0. The minimum Gasteiger partial charge on any atom is -0.478 e. The summed E-state index contributed by atoms with van der Waals surface area (Å²) in [6, 6.07) is 0. The molecule has 0 amide bonds. The van der Waals surface area contributed by atoms with E-state index in [2.05, 4.69) is 0 Å². The molecule has 0 bridgehead atoms. The molecule has 2 N–H and O–H groups in total. The molecule has 2 aliphatic rings. The highest BCUT2D eigenvalue weighted by atomic mass is 16.6. The molecule has 0 spiro atoms. The zero-order chi connectivity index (χ0) is 17.7. The molecule has 2 saturated carbocycles. The van der Waals surface area contributed by atoms with Crippen LogP contribution >= 0.6 is 0 Å². The number of carbonyl (C=O) groups excluding carboxylic acids is 2. The molecule has 0 aliphatic heterocycles. The molecular formula is C16H18O8. The first-order chi connectivity index (χ1) is 11.4. The van der Waals surface area contributed by atoms with Crippen molar-refractivity contribution in [2.24, 2.45) is 11.8 Å². The fraction of sp³-hybridized carbons (Fsp3) is 0.500. The van der Waals surface area contributed by atoms with Gasteiger partial charge >= 0.3 is 23.9 Å². The number of rotatable bonds is 6. The van der Waals surface area contributed by atoms with Gasteiger partial charge in [-0.1, -0.05) is 0 Å². The standard InChI is InChI=1S/C16H18O8/c17-13(18)5-7-15(21)23-11-3-1-9-10(11)2-4-12(9)24-16(22)8-6-14(19)20/h5-12H,1-4H2,(H,17,18)(H,19,20)/b7-5+,8-6+/t9-,10-,11+,12+/m0/s1. The molecule has 8 nitrogen and oxygen atoms in total. The molecule has 2 rings (SSSR count). The van der Waals surface area contributed by atoms with Crippen molar-refractivity contribution in [2.45, 2.75) is 37.9 Å². The maximum absolute atomic E-state index is 11.6. The van der Waals surface area contributed by atoms with Gasteiger partial charge in [-0.05, 0) is 25.7 Å². The largest absolute Gasteiger partial charge is 0.478 e. The Labute approximate surface area is 137 Å². The number of fused-ring (bicyclic) bond motifs is 1. The number of carbonyl (C=O) groups is 4. The van der Waals surface area contributed by atoms with Crippen molar-refractivity contribution >= 4 is 23.9 Å². The van der Waals surface area contributed by atoms with Crippen molar-refractivity contribution in [3.05, 3.63) is 24.3 Å². The molecule has 4 atom stereocenters. The zero-order valence-corrected chi connectivity index (χ0v) is 12.8. The summed E-state index contributed by atoms with van der Waals surface area (Å²) < 4.78 is 10.6. The molecule has 0 aromatic heterocycles. The lowest BCUT2D eigenvalue weighted by atomic mass is 9.98. The zero-order valence-electron chi connectivity index (χ0n) is 12.8. The third-order valence-electron chi connectivity index (χ3n) is 4.33. The second kappa shape index (κ2) is 7.76. The van der Waals surface area contributed by atoms with Gasteiger partial charge in [0.25, 0.3) is 0 Å². The van der Waals surface area contributed by atoms with Gasteiger partial charge in [-0.15, -0.1) is 0 Å². The van der Waals surface area contributed by atoms with Crippen LogP contribution in [0.3, 0.4) is 0 Å². The van der Waals surface area contributed by atoms with E-state index in [0.717, 1.165) is 37.1 Å². The number of aliphatic carboxylic acids is 2. The van der Waals surface area contributed by atoms with Gasteiger partial charge in [0.15, 0.2) is 0 Å². The average molecular weight is 338 g/mol. The number of esters is 2. The highest BCUT2D eigenvalue weighted by molar-refractivity contribution is 5.91. The number of hydrogen-bond acceptors (Lipinski definition) is 6. The Balaban J connectivity index is 1.87. The first kappa shape index (κ1) is 17.7. The topological polar surface area (TPSA) is 127 Å². The van der Waals surface area contributed by atoms with E-state index in [-0.39, 0.29) is 24.0 Å². The summed E-state index contributed by atoms with van der Waals surface area (Å²) in [5.74, 6) is -3.72. The summed E-state index contributed by atoms with van der Waals surface area (Å²) in [4.78, 5) is 43.9. The molecule has 0 aromatic carbocycles. The van der Waals surface area contributed by atoms with Crippen molar-refractivity contribution in [3.8, 4) is 0 Å². The van der Waals surface area contributed by atoms with Crippen molar-refractivity contribution in [1.29, 1.82) is 0 Å². The molecule has 8 heteroatoms. The van der Waals surface area contributed by atoms with Crippen LogP contribution in [0, 0.1) is 11.8 Å². The summed E-state index contributed by atoms with van der Waals surface area (Å²) in [6.45, 7) is 0. The lowest BCUT2D eigenvalue weighted by molar-refractivity contribution is -0.147. The summed E-state index contributed by atoms with van der Waals surface area (Å²) in [6.07, 6.45) is 5.27. The van der Waals surface area contributed by atoms with Crippen molar-refractivity contribution in [1.82, 2.24) is 0 Å². The highest BCUT2D eigenvalue weighted by Gasteiger charge is 2.47. The summed E-state index contributed by atoms with van der Waals surface area (Å²) in [5.41, 5.74) is 0. The Hall–Kier alpha value is -2.64. The van der Waals surface area contributed by atoms with Crippen LogP contribution < -0.4 is 0 Å². The molecule has 0 radical (unpaired) electrons. The van der Waals surface area contributed by atoms with Crippen LogP contribution in [0.25, 0.3) is 0 Å². The summed E-state index contributed by atoms with van der Waals surface area (Å²) >= 11 is 0. The fourth-order valence-electron chi connectivity index (χ4n) is 3.44. The number of carboxylic acids is 2. The van der Waals surface area contributed by atoms with Crippen LogP contribution in [0.5, 0.6) is 0 Å². The molecule has 0 aromatic rings. The molecule has 0 unspecified atom stereocenters. The van der Waals surface area contributed by atoms with Gasteiger partial charge < -0.3 is 19.7 Å². The minimum atomic E-state index is -1.22. The number of carboxylic acid groups (broad SMARTS) is 2. The lowest BCUT2D eigenvalue weighted by Crippen LogP contribution is -2.25. The van der Waals surface area contributed by atoms with Gasteiger partial charge in [0.05, 0.1) is 0 Å². The van der Waals surface area contributed by atoms with Crippen LogP contribution in [0.2, 0.25) is 0 Å². The Morgan fingerprint density at radius 2 is 1.04 bits per heavy atom. The third kappa shape index (κ3) is 4.68. The van der Waals surface area contributed by atoms with E-state index in [1.54, 1.807) is 0 Å². The smallest absolute Gasteiger partial charge is 0.331 e. The number of hydrogen-bond donors (Lipinski definition) is 2. The van der Waals surface area contributed by atoms with E-state index in [4.69, 9.17) is 19.7 Å². The van der Waals surface area contributed by atoms with E-state index in [1.165, 1.54) is 0 Å². The fourth-order valence-corrected chi connectivity index (χ4v) is 3.44. The predicted octanol–water partition coefficient (Wildman–Crippen LogP) is 0.912. The normalized spacial score (nSPS) is 28.8. The van der Waals surface area contributed by atoms with Gasteiger partial charge in [-0.25, -0.2) is 19.2 Å². The van der Waals surface area contributed by atoms with Crippen LogP contribution in [-0.2, 0) is 28.7 Å². The lowest BCUT2D eigenvalue weighted by Gasteiger charge is -2.20. The van der Waals surface area contributed by atoms with Crippen molar-refractivity contribution < 1.29 is 38.9 Å². The van der Waals surface area contributed by atoms with E-state index in [0.29, 0.717) is 12.8 Å². The molecule has 130 valence electrons. The van der Waals surface area contributed by atoms with Gasteiger partial charge in [0, 0.05) is 36.1 Å². The second-order valence-electron chi connectivity index (χ2n) is 5.78. The average Bonchev–Trinajstić information content (AvgIpc) is 3.07. The van der Waals surface area contributed by atoms with Gasteiger partial charge in [-0.3, -0.25) is 0 Å². The van der Waals surface area contributed by atoms with Crippen LogP contribution in [0.4, 0.5) is 0 Å². The van der Waals surface area contributed by atoms with E-state index >= 15 is 0 Å². The first-order valence-corrected chi connectivity index (χ1v) is 7.60. The van der Waals surface area contributed by atoms with Crippen LogP contribution in [-0.4, -0.2) is 46.3 Å².